The molecule has 0 saturated heterocycles. The summed E-state index contributed by atoms with van der Waals surface area (Å²) >= 11 is 0. The molecule has 90 heavy (non-hydrogen) atoms. The lowest BCUT2D eigenvalue weighted by atomic mass is 9.77. The number of rotatable bonds is 9. The maximum atomic E-state index is 11.1. The van der Waals surface area contributed by atoms with E-state index in [1.165, 1.54) is 16.7 Å². The minimum atomic E-state index is -6.48. The van der Waals surface area contributed by atoms with Crippen LogP contribution in [0.25, 0.3) is 94.5 Å². The van der Waals surface area contributed by atoms with Gasteiger partial charge in [0, 0.05) is 23.0 Å². The highest BCUT2D eigenvalue weighted by Crippen LogP contribution is 2.48. The first kappa shape index (κ1) is 34.0. The second-order valence-corrected chi connectivity index (χ2v) is 28.9. The van der Waals surface area contributed by atoms with Gasteiger partial charge in [0.15, 0.2) is 8.07 Å². The molecule has 1 aliphatic heterocycles. The maximum Gasteiger partial charge on any atom is 0.269 e. The van der Waals surface area contributed by atoms with Crippen LogP contribution in [0, 0.1) is 6.33 Å². The summed E-state index contributed by atoms with van der Waals surface area (Å²) < 4.78 is 274. The Bertz CT molecular complexity index is 6530. The summed E-state index contributed by atoms with van der Waals surface area (Å²) in [6.45, 7) is 18.0. The van der Waals surface area contributed by atoms with Crippen LogP contribution in [0.15, 0.2) is 272 Å². The van der Waals surface area contributed by atoms with Crippen molar-refractivity contribution >= 4 is 61.7 Å². The lowest BCUT2D eigenvalue weighted by molar-refractivity contribution is -0.572. The third kappa shape index (κ3) is 9.51. The molecule has 11 aromatic carbocycles. The van der Waals surface area contributed by atoms with Crippen LogP contribution < -0.4 is 30.1 Å². The predicted octanol–water partition coefficient (Wildman–Crippen LogP) is 18.2. The number of pyridine rings is 1. The average Bonchev–Trinajstić information content (AvgIpc) is 1.27. The van der Waals surface area contributed by atoms with E-state index in [2.05, 4.69) is 31.7 Å². The third-order valence-corrected chi connectivity index (χ3v) is 20.6. The number of benzene rings is 11. The number of ether oxygens (including phenoxy) is 1. The van der Waals surface area contributed by atoms with Gasteiger partial charge in [-0.25, -0.2) is 4.98 Å². The molecule has 438 valence electrons. The van der Waals surface area contributed by atoms with Gasteiger partial charge in [-0.15, -0.1) is 0 Å². The molecule has 0 radical (unpaired) electrons. The van der Waals surface area contributed by atoms with Gasteiger partial charge in [-0.05, 0) is 153 Å². The van der Waals surface area contributed by atoms with Crippen LogP contribution in [0.5, 0.6) is 11.5 Å². The predicted molar refractivity (Wildman–Crippen MR) is 377 cm³/mol. The molecule has 6 heteroatoms. The zero-order valence-corrected chi connectivity index (χ0v) is 51.6. The molecular formula is C84H72N4OSi. The molecule has 0 atom stereocenters. The van der Waals surface area contributed by atoms with Crippen LogP contribution in [0.4, 0.5) is 0 Å². The van der Waals surface area contributed by atoms with E-state index in [9.17, 15) is 32.9 Å². The Morgan fingerprint density at radius 1 is 0.444 bits per heavy atom. The SMILES string of the molecule is [2H]c1c([2H])c([2H])c([Si](c2c([2H])c([2H])c([2H])c([2H])c2[2H])(c2c([2H])c([2H])c([2H])c([2H])c2[2H])c2c([2H])c([2H])c([2H])c(-c3cc4c5c(c3)n(-c3cccc(Oc6ccc7c8ccccc8n(-c8cc(C(C)(C)C)ccn8)c7c6)c3)[c-][n+]5-c3c(cc(C(C)(C)C)cc3C(C)(C)C)-c3c([2H])c([2H])c([2H])c([2H])c3-c3c([2H])c([2H])c([2H])c([2H])c3-4)c2[2H])c([2H])c1[2H]. The first-order valence-electron chi connectivity index (χ1n) is 42.8. The van der Waals surface area contributed by atoms with Crippen molar-refractivity contribution < 1.29 is 46.3 Å². The Kier molecular flexibility index (Phi) is 8.15. The van der Waals surface area contributed by atoms with Gasteiger partial charge in [0.05, 0.1) is 70.5 Å². The molecule has 15 rings (SSSR count). The third-order valence-electron chi connectivity index (χ3n) is 16.6. The summed E-state index contributed by atoms with van der Waals surface area (Å²) in [7, 11) is -6.48. The van der Waals surface area contributed by atoms with E-state index in [4.69, 9.17) is 13.8 Å². The maximum absolute atomic E-state index is 11.1. The van der Waals surface area contributed by atoms with E-state index in [0.29, 0.717) is 22.7 Å². The topological polar surface area (TPSA) is 35.9 Å². The molecule has 0 saturated carbocycles. The molecule has 0 spiro atoms. The second-order valence-electron chi connectivity index (χ2n) is 25.4. The molecule has 0 fully saturated rings. The van der Waals surface area contributed by atoms with Crippen LogP contribution in [-0.4, -0.2) is 22.2 Å². The van der Waals surface area contributed by atoms with Crippen LogP contribution in [-0.2, 0) is 16.2 Å². The van der Waals surface area contributed by atoms with Gasteiger partial charge in [0.1, 0.15) is 17.3 Å². The van der Waals surface area contributed by atoms with Crippen molar-refractivity contribution in [2.45, 2.75) is 78.6 Å². The molecule has 0 unspecified atom stereocenters. The smallest absolute Gasteiger partial charge is 0.269 e. The van der Waals surface area contributed by atoms with E-state index >= 15 is 0 Å². The van der Waals surface area contributed by atoms with Crippen molar-refractivity contribution in [3.05, 3.63) is 295 Å². The van der Waals surface area contributed by atoms with E-state index in [1.54, 1.807) is 41.1 Å². The highest BCUT2D eigenvalue weighted by molar-refractivity contribution is 7.19. The van der Waals surface area contributed by atoms with Crippen molar-refractivity contribution in [3.8, 4) is 73.2 Å². The Labute approximate surface area is 567 Å². The summed E-state index contributed by atoms with van der Waals surface area (Å²) in [6.07, 6.45) is 5.36. The number of para-hydroxylation sites is 1. The molecule has 3 aromatic heterocycles. The molecule has 0 aliphatic carbocycles. The zero-order valence-electron chi connectivity index (χ0n) is 77.6. The lowest BCUT2D eigenvalue weighted by Crippen LogP contribution is -2.74. The summed E-state index contributed by atoms with van der Waals surface area (Å²) in [6, 6.07) is 2.54. The summed E-state index contributed by atoms with van der Waals surface area (Å²) in [5.41, 5.74) is -0.269. The first-order chi connectivity index (χ1) is 54.7. The lowest BCUT2D eigenvalue weighted by Gasteiger charge is -2.34. The quantitative estimate of drug-likeness (QED) is 0.0625. The molecule has 0 amide bonds. The number of aromatic nitrogens is 4. The van der Waals surface area contributed by atoms with E-state index in [0.717, 1.165) is 27.4 Å². The molecule has 1 aliphatic rings. The Balaban J connectivity index is 1.15. The fourth-order valence-corrected chi connectivity index (χ4v) is 15.8. The number of nitrogens with zero attached hydrogens (tertiary/aromatic N) is 4. The van der Waals surface area contributed by atoms with Gasteiger partial charge in [-0.3, -0.25) is 13.7 Å². The van der Waals surface area contributed by atoms with Crippen LogP contribution >= 0.6 is 0 Å². The molecule has 0 N–H and O–H groups in total. The number of imidazole rings is 1. The van der Waals surface area contributed by atoms with Gasteiger partial charge < -0.3 is 4.74 Å². The van der Waals surface area contributed by atoms with Crippen LogP contribution in [0.1, 0.15) is 116 Å². The monoisotopic (exact) mass is 1210 g/mol. The summed E-state index contributed by atoms with van der Waals surface area (Å²) in [5.74, 6) is 1.25. The summed E-state index contributed by atoms with van der Waals surface area (Å²) in [4.78, 5) is 4.87. The van der Waals surface area contributed by atoms with Gasteiger partial charge in [-0.2, -0.15) is 0 Å². The van der Waals surface area contributed by atoms with Gasteiger partial charge in [0.25, 0.3) is 6.33 Å². The highest BCUT2D eigenvalue weighted by atomic mass is 28.3. The highest BCUT2D eigenvalue weighted by Gasteiger charge is 2.42. The minimum Gasteiger partial charge on any atom is -0.458 e. The Morgan fingerprint density at radius 2 is 1.02 bits per heavy atom. The number of hydrogen-bond acceptors (Lipinski definition) is 2. The van der Waals surface area contributed by atoms with Crippen LogP contribution in [0.3, 0.4) is 0 Å². The second kappa shape index (κ2) is 21.6. The fraction of sp³-hybridized carbons (Fsp3) is 0.143. The van der Waals surface area contributed by atoms with Crippen molar-refractivity contribution in [1.29, 1.82) is 0 Å². The Morgan fingerprint density at radius 3 is 1.66 bits per heavy atom. The largest absolute Gasteiger partial charge is 0.458 e. The number of hydrogen-bond donors (Lipinski definition) is 0. The summed E-state index contributed by atoms with van der Waals surface area (Å²) in [5, 5.41) is -2.50. The molecular weight excluding hydrogens is 1110 g/mol. The molecule has 4 heterocycles. The zero-order chi connectivity index (χ0) is 85.2. The minimum absolute atomic E-state index is 0.0136. The molecule has 0 bridgehead atoms. The Hall–Kier alpha value is -10.1. The number of fused-ring (bicyclic) bond motifs is 10. The standard InChI is InChI=1S/C84H72N4OSi/c1-82(2,3)58-45-46-85-79(52-58)88-76-42-24-23-41-71(76)72-44-43-62(54-77(72)88)89-61-29-26-28-60(53-61)86-55-87-80-74(50-59(83(4,5)6)51-75(80)84(7,8)9)70-40-22-20-38-68(70)67-37-19-21-39-69(67)73-48-57(49-78(86)81(73)87)56-27-25-36-66(47-56)90(63-30-13-10-14-31-63,64-32-15-11-16-33-64)65-34-17-12-18-35-65/h10-54H,1-9H3/i10D,11D,12D,13D,14D,15D,16D,17D,18D,19D,20D,21D,22D,25D,27D,30D,31D,32D,33D,34D,35D,36D,37D,38D,39D,40D,47D. The van der Waals surface area contributed by atoms with Gasteiger partial charge >= 0.3 is 0 Å². The first-order valence-corrected chi connectivity index (χ1v) is 31.3. The van der Waals surface area contributed by atoms with E-state index in [1.807, 2.05) is 102 Å². The van der Waals surface area contributed by atoms with Crippen molar-refractivity contribution in [3.63, 3.8) is 0 Å². The average molecular weight is 1210 g/mol. The fourth-order valence-electron chi connectivity index (χ4n) is 12.2. The van der Waals surface area contributed by atoms with E-state index in [-0.39, 0.29) is 61.4 Å². The molecule has 5 nitrogen and oxygen atoms in total. The van der Waals surface area contributed by atoms with E-state index < -0.39 is 219 Å². The van der Waals surface area contributed by atoms with Crippen molar-refractivity contribution in [1.82, 2.24) is 14.1 Å². The van der Waals surface area contributed by atoms with Crippen molar-refractivity contribution in [2.24, 2.45) is 0 Å². The van der Waals surface area contributed by atoms with Gasteiger partial charge in [-0.1, -0.05) is 268 Å². The molecule has 14 aromatic rings. The van der Waals surface area contributed by atoms with Crippen LogP contribution in [0.2, 0.25) is 0 Å². The normalized spacial score (nSPS) is 16.7. The van der Waals surface area contributed by atoms with Gasteiger partial charge in [0.2, 0.25) is 0 Å². The van der Waals surface area contributed by atoms with Crippen molar-refractivity contribution in [2.75, 3.05) is 0 Å².